The number of nitrogens with zero attached hydrogens (tertiary/aromatic N) is 3. The van der Waals surface area contributed by atoms with Crippen molar-refractivity contribution in [2.75, 3.05) is 0 Å². The van der Waals surface area contributed by atoms with Crippen LogP contribution in [0.2, 0.25) is 0 Å². The third-order valence-corrected chi connectivity index (χ3v) is 5.77. The van der Waals surface area contributed by atoms with E-state index in [1.807, 2.05) is 42.1 Å². The highest BCUT2D eigenvalue weighted by atomic mass is 16.4. The van der Waals surface area contributed by atoms with E-state index in [0.29, 0.717) is 0 Å². The number of fused-ring (bicyclic) bond motifs is 1. The van der Waals surface area contributed by atoms with Crippen LogP contribution in [-0.4, -0.2) is 25.8 Å². The molecule has 1 N–H and O–H groups in total. The SMILES string of the molecule is Cc1ccc(-n2nc(C)c3cnc(-c4ccc([C@H]5C[C@@H]5C(=O)O)cc4)cc32)cc1. The summed E-state index contributed by atoms with van der Waals surface area (Å²) in [6, 6.07) is 18.5. The molecule has 5 nitrogen and oxygen atoms in total. The first-order valence-electron chi connectivity index (χ1n) is 9.77. The molecular formula is C24H21N3O2. The fourth-order valence-electron chi connectivity index (χ4n) is 3.93. The molecule has 0 radical (unpaired) electrons. The van der Waals surface area contributed by atoms with E-state index in [-0.39, 0.29) is 11.8 Å². The van der Waals surface area contributed by atoms with E-state index in [0.717, 1.165) is 45.5 Å². The van der Waals surface area contributed by atoms with Crippen LogP contribution in [0.25, 0.3) is 27.8 Å². The van der Waals surface area contributed by atoms with E-state index < -0.39 is 5.97 Å². The van der Waals surface area contributed by atoms with Crippen LogP contribution < -0.4 is 0 Å². The highest BCUT2D eigenvalue weighted by Crippen LogP contribution is 2.47. The zero-order valence-electron chi connectivity index (χ0n) is 16.3. The maximum absolute atomic E-state index is 11.1. The Hall–Kier alpha value is -3.47. The van der Waals surface area contributed by atoms with Crippen molar-refractivity contribution in [2.24, 2.45) is 5.92 Å². The van der Waals surface area contributed by atoms with Crippen molar-refractivity contribution in [2.45, 2.75) is 26.2 Å². The van der Waals surface area contributed by atoms with Gasteiger partial charge in [0.05, 0.1) is 28.5 Å². The van der Waals surface area contributed by atoms with E-state index in [1.54, 1.807) is 0 Å². The standard InChI is InChI=1S/C24H21N3O2/c1-14-3-9-18(10-4-14)27-23-12-22(25-13-21(23)15(2)26-27)17-7-5-16(6-8-17)19-11-20(19)24(28)29/h3-10,12-13,19-20H,11H2,1-2H3,(H,28,29)/t19-,20+/m1/s1. The summed E-state index contributed by atoms with van der Waals surface area (Å²) in [4.78, 5) is 15.8. The lowest BCUT2D eigenvalue weighted by Crippen LogP contribution is -1.98. The Morgan fingerprint density at radius 3 is 2.45 bits per heavy atom. The Morgan fingerprint density at radius 1 is 1.07 bits per heavy atom. The molecule has 144 valence electrons. The van der Waals surface area contributed by atoms with Gasteiger partial charge in [-0.1, -0.05) is 42.0 Å². The number of benzene rings is 2. The Labute approximate surface area is 168 Å². The van der Waals surface area contributed by atoms with Crippen LogP contribution in [0.3, 0.4) is 0 Å². The average molecular weight is 383 g/mol. The van der Waals surface area contributed by atoms with Crippen LogP contribution >= 0.6 is 0 Å². The smallest absolute Gasteiger partial charge is 0.307 e. The van der Waals surface area contributed by atoms with Gasteiger partial charge in [0.25, 0.3) is 0 Å². The maximum atomic E-state index is 11.1. The van der Waals surface area contributed by atoms with Gasteiger partial charge in [-0.25, -0.2) is 4.68 Å². The van der Waals surface area contributed by atoms with Crippen LogP contribution in [-0.2, 0) is 4.79 Å². The normalized spacial score (nSPS) is 18.1. The molecule has 2 aromatic heterocycles. The molecule has 2 heterocycles. The molecule has 0 aliphatic heterocycles. The molecule has 1 fully saturated rings. The summed E-state index contributed by atoms with van der Waals surface area (Å²) in [5.74, 6) is -0.796. The minimum absolute atomic E-state index is 0.141. The van der Waals surface area contributed by atoms with Gasteiger partial charge >= 0.3 is 5.97 Å². The Morgan fingerprint density at radius 2 is 1.79 bits per heavy atom. The summed E-state index contributed by atoms with van der Waals surface area (Å²) >= 11 is 0. The minimum Gasteiger partial charge on any atom is -0.481 e. The van der Waals surface area contributed by atoms with Gasteiger partial charge < -0.3 is 5.11 Å². The molecule has 5 heteroatoms. The van der Waals surface area contributed by atoms with E-state index >= 15 is 0 Å². The summed E-state index contributed by atoms with van der Waals surface area (Å²) in [7, 11) is 0. The number of carboxylic acids is 1. The largest absolute Gasteiger partial charge is 0.481 e. The first-order chi connectivity index (χ1) is 14.0. The zero-order chi connectivity index (χ0) is 20.1. The van der Waals surface area contributed by atoms with Crippen molar-refractivity contribution in [3.8, 4) is 16.9 Å². The Bertz CT molecular complexity index is 1220. The second-order valence-corrected chi connectivity index (χ2v) is 7.83. The summed E-state index contributed by atoms with van der Waals surface area (Å²) in [6.07, 6.45) is 2.61. The third kappa shape index (κ3) is 3.09. The number of pyridine rings is 1. The third-order valence-electron chi connectivity index (χ3n) is 5.77. The van der Waals surface area contributed by atoms with Crippen molar-refractivity contribution >= 4 is 16.9 Å². The molecule has 1 aliphatic carbocycles. The number of aryl methyl sites for hydroxylation is 2. The monoisotopic (exact) mass is 383 g/mol. The molecule has 4 aromatic rings. The van der Waals surface area contributed by atoms with Crippen LogP contribution in [0.5, 0.6) is 0 Å². The highest BCUT2D eigenvalue weighted by molar-refractivity contribution is 5.86. The van der Waals surface area contributed by atoms with Gasteiger partial charge in [-0.3, -0.25) is 9.78 Å². The van der Waals surface area contributed by atoms with Gasteiger partial charge in [-0.05, 0) is 49.9 Å². The number of rotatable bonds is 4. The Balaban J connectivity index is 1.52. The molecular weight excluding hydrogens is 362 g/mol. The molecule has 2 aromatic carbocycles. The first-order valence-corrected chi connectivity index (χ1v) is 9.77. The number of aliphatic carboxylic acids is 1. The van der Waals surface area contributed by atoms with Crippen molar-refractivity contribution in [3.63, 3.8) is 0 Å². The number of carbonyl (C=O) groups is 1. The lowest BCUT2D eigenvalue weighted by Gasteiger charge is -2.07. The molecule has 29 heavy (non-hydrogen) atoms. The number of hydrogen-bond donors (Lipinski definition) is 1. The van der Waals surface area contributed by atoms with Gasteiger partial charge in [0.15, 0.2) is 0 Å². The summed E-state index contributed by atoms with van der Waals surface area (Å²) in [5, 5.41) is 14.9. The topological polar surface area (TPSA) is 68.0 Å². The number of hydrogen-bond acceptors (Lipinski definition) is 3. The second kappa shape index (κ2) is 6.55. The van der Waals surface area contributed by atoms with Crippen LogP contribution in [0.1, 0.15) is 29.2 Å². The maximum Gasteiger partial charge on any atom is 0.307 e. The first kappa shape index (κ1) is 17.6. The number of aromatic nitrogens is 3. The van der Waals surface area contributed by atoms with Crippen molar-refractivity contribution < 1.29 is 9.90 Å². The quantitative estimate of drug-likeness (QED) is 0.545. The van der Waals surface area contributed by atoms with Gasteiger partial charge in [-0.15, -0.1) is 0 Å². The molecule has 1 aliphatic rings. The fourth-order valence-corrected chi connectivity index (χ4v) is 3.93. The molecule has 0 unspecified atom stereocenters. The van der Waals surface area contributed by atoms with E-state index in [9.17, 15) is 4.79 Å². The van der Waals surface area contributed by atoms with Gasteiger partial charge in [0.1, 0.15) is 0 Å². The molecule has 2 atom stereocenters. The second-order valence-electron chi connectivity index (χ2n) is 7.83. The molecule has 5 rings (SSSR count). The predicted octanol–water partition coefficient (Wildman–Crippen LogP) is 4.89. The van der Waals surface area contributed by atoms with Crippen LogP contribution in [0.4, 0.5) is 0 Å². The van der Waals surface area contributed by atoms with Gasteiger partial charge in [-0.2, -0.15) is 5.10 Å². The molecule has 0 spiro atoms. The van der Waals surface area contributed by atoms with E-state index in [1.165, 1.54) is 5.56 Å². The van der Waals surface area contributed by atoms with Crippen molar-refractivity contribution in [1.82, 2.24) is 14.8 Å². The van der Waals surface area contributed by atoms with E-state index in [4.69, 9.17) is 10.2 Å². The fraction of sp³-hybridized carbons (Fsp3) is 0.208. The van der Waals surface area contributed by atoms with Crippen LogP contribution in [0.15, 0.2) is 60.8 Å². The van der Waals surface area contributed by atoms with Gasteiger partial charge in [0, 0.05) is 17.1 Å². The minimum atomic E-state index is -0.703. The average Bonchev–Trinajstić information content (AvgIpc) is 3.47. The van der Waals surface area contributed by atoms with Gasteiger partial charge in [0.2, 0.25) is 0 Å². The predicted molar refractivity (Wildman–Crippen MR) is 112 cm³/mol. The number of carboxylic acid groups (broad SMARTS) is 1. The lowest BCUT2D eigenvalue weighted by molar-refractivity contribution is -0.138. The van der Waals surface area contributed by atoms with Crippen molar-refractivity contribution in [3.05, 3.63) is 77.6 Å². The summed E-state index contributed by atoms with van der Waals surface area (Å²) in [6.45, 7) is 4.07. The van der Waals surface area contributed by atoms with Crippen LogP contribution in [0, 0.1) is 19.8 Å². The van der Waals surface area contributed by atoms with E-state index in [2.05, 4.69) is 42.2 Å². The summed E-state index contributed by atoms with van der Waals surface area (Å²) < 4.78 is 1.96. The molecule has 1 saturated carbocycles. The molecule has 0 amide bonds. The van der Waals surface area contributed by atoms with Crippen molar-refractivity contribution in [1.29, 1.82) is 0 Å². The molecule has 0 saturated heterocycles. The Kier molecular flexibility index (Phi) is 3.98. The highest BCUT2D eigenvalue weighted by Gasteiger charge is 2.44. The zero-order valence-corrected chi connectivity index (χ0v) is 16.3. The molecule has 0 bridgehead atoms. The lowest BCUT2D eigenvalue weighted by atomic mass is 10.0. The summed E-state index contributed by atoms with van der Waals surface area (Å²) in [5.41, 5.74) is 7.18.